The molecule has 0 bridgehead atoms. The molecule has 346 valence electrons. The number of benzene rings is 7. The van der Waals surface area contributed by atoms with Gasteiger partial charge in [-0.25, -0.2) is 0 Å². The summed E-state index contributed by atoms with van der Waals surface area (Å²) in [5, 5.41) is 2.52. The minimum atomic E-state index is 0.0818. The van der Waals surface area contributed by atoms with Crippen LogP contribution in [0.25, 0.3) is 60.9 Å². The van der Waals surface area contributed by atoms with E-state index in [0.717, 1.165) is 25.7 Å². The second kappa shape index (κ2) is 18.9. The summed E-state index contributed by atoms with van der Waals surface area (Å²) in [6.07, 6.45) is 16.7. The van der Waals surface area contributed by atoms with Crippen LogP contribution in [0.1, 0.15) is 116 Å². The molecule has 0 amide bonds. The molecule has 1 heterocycles. The lowest BCUT2D eigenvalue weighted by atomic mass is 9.72. The van der Waals surface area contributed by atoms with Crippen LogP contribution in [0.2, 0.25) is 0 Å². The molecule has 69 heavy (non-hydrogen) atoms. The third-order valence-electron chi connectivity index (χ3n) is 14.7. The summed E-state index contributed by atoms with van der Waals surface area (Å²) in [6.45, 7) is 18.7. The first-order chi connectivity index (χ1) is 33.3. The molecule has 0 radical (unpaired) electrons. The highest BCUT2D eigenvalue weighted by Crippen LogP contribution is 2.43. The van der Waals surface area contributed by atoms with Crippen LogP contribution in [0.5, 0.6) is 0 Å². The molecule has 0 spiro atoms. The predicted molar refractivity (Wildman–Crippen MR) is 299 cm³/mol. The van der Waals surface area contributed by atoms with Crippen molar-refractivity contribution >= 4 is 44.3 Å². The average molecular weight is 901 g/mol. The number of nitrogens with zero attached hydrogens (tertiary/aromatic N) is 2. The number of hydrogen-bond donors (Lipinski definition) is 0. The van der Waals surface area contributed by atoms with Crippen LogP contribution in [-0.2, 0) is 5.41 Å². The first-order valence-electron chi connectivity index (χ1n) is 25.4. The van der Waals surface area contributed by atoms with Crippen LogP contribution in [0, 0.1) is 11.3 Å². The molecule has 0 fully saturated rings. The molecule has 2 heteroatoms. The normalized spacial score (nSPS) is 14.8. The smallest absolute Gasteiger partial charge is 0.0541 e. The second-order valence-corrected chi connectivity index (χ2v) is 22.1. The van der Waals surface area contributed by atoms with Crippen molar-refractivity contribution in [2.45, 2.75) is 98.8 Å². The number of hydrogen-bond acceptors (Lipinski definition) is 1. The maximum Gasteiger partial charge on any atom is 0.0541 e. The highest BCUT2D eigenvalue weighted by atomic mass is 15.1. The Hall–Kier alpha value is -6.90. The summed E-state index contributed by atoms with van der Waals surface area (Å²) < 4.78 is 2.46. The minimum absolute atomic E-state index is 0.0818. The fraction of sp³-hybridized carbons (Fsp3) is 0.254. The third kappa shape index (κ3) is 9.60. The van der Waals surface area contributed by atoms with Gasteiger partial charge in [-0.05, 0) is 177 Å². The van der Waals surface area contributed by atoms with Gasteiger partial charge in [-0.3, -0.25) is 0 Å². The quantitative estimate of drug-likeness (QED) is 0.126. The van der Waals surface area contributed by atoms with E-state index in [0.29, 0.717) is 11.8 Å². The first-order valence-corrected chi connectivity index (χ1v) is 25.4. The lowest BCUT2D eigenvalue weighted by Gasteiger charge is -2.32. The largest absolute Gasteiger partial charge is 0.314 e. The molecule has 10 rings (SSSR count). The summed E-state index contributed by atoms with van der Waals surface area (Å²) >= 11 is 0. The summed E-state index contributed by atoms with van der Waals surface area (Å²) in [5.41, 5.74) is 20.6. The molecule has 0 saturated heterocycles. The van der Waals surface area contributed by atoms with E-state index in [1.54, 1.807) is 0 Å². The van der Waals surface area contributed by atoms with E-state index in [1.807, 2.05) is 0 Å². The molecule has 1 atom stereocenters. The van der Waals surface area contributed by atoms with Crippen LogP contribution in [-0.4, -0.2) is 4.57 Å². The first kappa shape index (κ1) is 45.9. The van der Waals surface area contributed by atoms with Crippen molar-refractivity contribution in [3.63, 3.8) is 0 Å². The average Bonchev–Trinajstić information content (AvgIpc) is 3.69. The SMILES string of the molecule is CC(C)CC(c1ccc(-c2ccc3c(c2)c2cc(-c4ccc(N(C5=CC=C(c6ccccc6)CC5)c5ccc(C6=CC=CCC6)cc5)cc4)ccc2n3-c2ccc(C(C)(C)C)cc2)cc1)C(C)(C)C. The lowest BCUT2D eigenvalue weighted by molar-refractivity contribution is 0.280. The Bertz CT molecular complexity index is 3230. The van der Waals surface area contributed by atoms with Gasteiger partial charge in [-0.2, -0.15) is 0 Å². The highest BCUT2D eigenvalue weighted by molar-refractivity contribution is 6.11. The molecular weight excluding hydrogens is 833 g/mol. The van der Waals surface area contributed by atoms with E-state index in [-0.39, 0.29) is 10.8 Å². The molecule has 2 aliphatic rings. The van der Waals surface area contributed by atoms with Gasteiger partial charge in [0.1, 0.15) is 0 Å². The zero-order valence-electron chi connectivity index (χ0n) is 42.1. The molecule has 0 N–H and O–H groups in total. The molecule has 0 saturated carbocycles. The zero-order valence-corrected chi connectivity index (χ0v) is 42.1. The van der Waals surface area contributed by atoms with Crippen LogP contribution in [0.3, 0.4) is 0 Å². The van der Waals surface area contributed by atoms with Crippen LogP contribution in [0.4, 0.5) is 11.4 Å². The van der Waals surface area contributed by atoms with Crippen molar-refractivity contribution in [2.75, 3.05) is 4.90 Å². The zero-order chi connectivity index (χ0) is 47.9. The molecule has 0 aliphatic heterocycles. The Balaban J connectivity index is 1.04. The van der Waals surface area contributed by atoms with Crippen LogP contribution >= 0.6 is 0 Å². The van der Waals surface area contributed by atoms with E-state index in [1.165, 1.54) is 107 Å². The van der Waals surface area contributed by atoms with Crippen molar-refractivity contribution in [3.05, 3.63) is 222 Å². The Morgan fingerprint density at radius 1 is 0.507 bits per heavy atom. The standard InChI is InChI=1S/C67H68N2/c1-46(2)43-63(67(6,7)8)53-21-19-51(20-22-53)54-29-41-64-61(44-54)62-45-55(30-42-65(62)69(64)60-39-31-56(32-40-60)66(3,4)5)52-27-37-59(38-28-52)68(57-33-23-49(24-34-57)47-15-11-9-12-16-47)58-35-25-50(26-36-58)48-17-13-10-14-18-48/h9-13,15-17,19-23,25-33,35-42,44-46,63H,14,18,24,34,43H2,1-8H3. The molecular formula is C67H68N2. The van der Waals surface area contributed by atoms with Gasteiger partial charge in [0.05, 0.1) is 11.0 Å². The van der Waals surface area contributed by atoms with Gasteiger partial charge in [0.2, 0.25) is 0 Å². The van der Waals surface area contributed by atoms with Crippen molar-refractivity contribution < 1.29 is 0 Å². The Kier molecular flexibility index (Phi) is 12.6. The van der Waals surface area contributed by atoms with Gasteiger partial charge in [0.15, 0.2) is 0 Å². The summed E-state index contributed by atoms with van der Waals surface area (Å²) in [4.78, 5) is 2.46. The number of rotatable bonds is 11. The van der Waals surface area contributed by atoms with Gasteiger partial charge in [0.25, 0.3) is 0 Å². The van der Waals surface area contributed by atoms with E-state index in [9.17, 15) is 0 Å². The van der Waals surface area contributed by atoms with Gasteiger partial charge in [0, 0.05) is 33.5 Å². The van der Waals surface area contributed by atoms with Crippen LogP contribution < -0.4 is 4.90 Å². The monoisotopic (exact) mass is 901 g/mol. The minimum Gasteiger partial charge on any atom is -0.314 e. The maximum absolute atomic E-state index is 2.46. The Morgan fingerprint density at radius 2 is 1.04 bits per heavy atom. The predicted octanol–water partition coefficient (Wildman–Crippen LogP) is 19.2. The Labute approximate surface area is 412 Å². The summed E-state index contributed by atoms with van der Waals surface area (Å²) in [6, 6.07) is 62.1. The lowest BCUT2D eigenvalue weighted by Crippen LogP contribution is -2.20. The molecule has 1 unspecified atom stereocenters. The van der Waals surface area contributed by atoms with Gasteiger partial charge in [-0.1, -0.05) is 183 Å². The van der Waals surface area contributed by atoms with Crippen molar-refractivity contribution in [1.82, 2.24) is 4.57 Å². The fourth-order valence-electron chi connectivity index (χ4n) is 10.8. The molecule has 2 aliphatic carbocycles. The summed E-state index contributed by atoms with van der Waals surface area (Å²) in [5.74, 6) is 1.16. The fourth-order valence-corrected chi connectivity index (χ4v) is 10.8. The number of allylic oxidation sites excluding steroid dienone is 8. The Morgan fingerprint density at radius 3 is 1.55 bits per heavy atom. The van der Waals surface area contributed by atoms with Gasteiger partial charge >= 0.3 is 0 Å². The van der Waals surface area contributed by atoms with E-state index in [2.05, 4.69) is 259 Å². The number of aromatic nitrogens is 1. The highest BCUT2D eigenvalue weighted by Gasteiger charge is 2.27. The maximum atomic E-state index is 2.46. The third-order valence-corrected chi connectivity index (χ3v) is 14.7. The van der Waals surface area contributed by atoms with Gasteiger partial charge < -0.3 is 9.47 Å². The second-order valence-electron chi connectivity index (χ2n) is 22.1. The summed E-state index contributed by atoms with van der Waals surface area (Å²) in [7, 11) is 0. The van der Waals surface area contributed by atoms with Crippen molar-refractivity contribution in [1.29, 1.82) is 0 Å². The van der Waals surface area contributed by atoms with E-state index >= 15 is 0 Å². The van der Waals surface area contributed by atoms with Crippen molar-refractivity contribution in [2.24, 2.45) is 11.3 Å². The van der Waals surface area contributed by atoms with E-state index in [4.69, 9.17) is 0 Å². The molecule has 8 aromatic rings. The number of fused-ring (bicyclic) bond motifs is 3. The van der Waals surface area contributed by atoms with Crippen LogP contribution in [0.15, 0.2) is 200 Å². The molecule has 2 nitrogen and oxygen atoms in total. The molecule has 1 aromatic heterocycles. The van der Waals surface area contributed by atoms with Crippen molar-refractivity contribution in [3.8, 4) is 27.9 Å². The van der Waals surface area contributed by atoms with Gasteiger partial charge in [-0.15, -0.1) is 0 Å². The van der Waals surface area contributed by atoms with E-state index < -0.39 is 0 Å². The topological polar surface area (TPSA) is 8.17 Å². The molecule has 7 aromatic carbocycles. The number of anilines is 2.